The maximum absolute atomic E-state index is 9.80. The van der Waals surface area contributed by atoms with E-state index in [1.54, 1.807) is 0 Å². The van der Waals surface area contributed by atoms with Crippen LogP contribution in [0.1, 0.15) is 75.2 Å². The van der Waals surface area contributed by atoms with Gasteiger partial charge in [0.25, 0.3) is 0 Å². The molecule has 0 unspecified atom stereocenters. The fourth-order valence-corrected chi connectivity index (χ4v) is 7.36. The Hall–Kier alpha value is -0.0694. The van der Waals surface area contributed by atoms with Gasteiger partial charge in [0.15, 0.2) is 25.0 Å². The summed E-state index contributed by atoms with van der Waals surface area (Å²) in [6.07, 6.45) is 2.65. The molecule has 1 aliphatic rings. The van der Waals surface area contributed by atoms with E-state index >= 15 is 0 Å². The monoisotopic (exact) mass is 586 g/mol. The van der Waals surface area contributed by atoms with Gasteiger partial charge in [-0.15, -0.1) is 0 Å². The molecule has 0 radical (unpaired) electrons. The van der Waals surface area contributed by atoms with E-state index in [1.165, 1.54) is 0 Å². The van der Waals surface area contributed by atoms with Crippen molar-refractivity contribution in [3.05, 3.63) is 23.8 Å². The summed E-state index contributed by atoms with van der Waals surface area (Å²) in [6.45, 7) is 39.8. The first-order chi connectivity index (χ1) is 16.9. The molecular weight excluding hydrogens is 525 g/mol. The highest BCUT2D eigenvalue weighted by atomic mass is 28.4. The van der Waals surface area contributed by atoms with Crippen molar-refractivity contribution >= 4 is 25.0 Å². The van der Waals surface area contributed by atoms with Crippen LogP contribution in [0.3, 0.4) is 0 Å². The van der Waals surface area contributed by atoms with Gasteiger partial charge in [-0.05, 0) is 72.0 Å². The molecule has 1 aliphatic carbocycles. The Morgan fingerprint density at radius 2 is 1.26 bits per heavy atom. The maximum Gasteiger partial charge on any atom is 0.193 e. The van der Waals surface area contributed by atoms with Gasteiger partial charge in [0, 0.05) is 19.6 Å². The molecule has 38 heavy (non-hydrogen) atoms. The number of aliphatic hydroxyl groups excluding tert-OH is 1. The lowest BCUT2D eigenvalue weighted by Gasteiger charge is -2.49. The quantitative estimate of drug-likeness (QED) is 0.194. The van der Waals surface area contributed by atoms with E-state index in [0.29, 0.717) is 19.6 Å². The predicted octanol–water partition coefficient (Wildman–Crippen LogP) is 8.44. The number of ether oxygens (including phenoxy) is 1. The number of aliphatic hydroxyl groups is 1. The molecule has 0 aromatic rings. The first-order valence-electron chi connectivity index (χ1n) is 14.5. The van der Waals surface area contributed by atoms with Gasteiger partial charge in [-0.1, -0.05) is 75.0 Å². The summed E-state index contributed by atoms with van der Waals surface area (Å²) in [6, 6.07) is 0. The molecule has 224 valence electrons. The van der Waals surface area contributed by atoms with Crippen molar-refractivity contribution in [1.29, 1.82) is 0 Å². The van der Waals surface area contributed by atoms with Crippen molar-refractivity contribution < 1.29 is 23.1 Å². The Morgan fingerprint density at radius 1 is 0.789 bits per heavy atom. The minimum Gasteiger partial charge on any atom is -0.417 e. The van der Waals surface area contributed by atoms with Gasteiger partial charge >= 0.3 is 0 Å². The largest absolute Gasteiger partial charge is 0.417 e. The van der Waals surface area contributed by atoms with Crippen LogP contribution in [-0.4, -0.2) is 68.2 Å². The zero-order chi connectivity index (χ0) is 30.0. The highest BCUT2D eigenvalue weighted by Crippen LogP contribution is 2.45. The first kappa shape index (κ1) is 36.0. The molecule has 0 aliphatic heterocycles. The maximum atomic E-state index is 9.80. The van der Waals surface area contributed by atoms with E-state index in [2.05, 4.69) is 108 Å². The fourth-order valence-electron chi connectivity index (χ4n) is 3.68. The topological polar surface area (TPSA) is 57.2 Å². The summed E-state index contributed by atoms with van der Waals surface area (Å²) in [4.78, 5) is 0. The minimum atomic E-state index is -2.15. The molecule has 8 heteroatoms. The van der Waals surface area contributed by atoms with Crippen molar-refractivity contribution in [1.82, 2.24) is 0 Å². The molecule has 0 amide bonds. The third kappa shape index (κ3) is 9.23. The molecule has 0 aromatic carbocycles. The highest BCUT2D eigenvalue weighted by Gasteiger charge is 2.49. The molecule has 0 spiro atoms. The molecule has 0 aromatic heterocycles. The van der Waals surface area contributed by atoms with Crippen LogP contribution < -0.4 is 0 Å². The average molecular weight is 587 g/mol. The van der Waals surface area contributed by atoms with Gasteiger partial charge in [-0.3, -0.25) is 0 Å². The second kappa shape index (κ2) is 12.8. The lowest BCUT2D eigenvalue weighted by molar-refractivity contribution is -0.0880. The molecule has 1 N–H and O–H groups in total. The number of rotatable bonds is 11. The number of hydrogen-bond acceptors (Lipinski definition) is 5. The molecule has 5 nitrogen and oxygen atoms in total. The van der Waals surface area contributed by atoms with Gasteiger partial charge in [0.05, 0.1) is 18.8 Å². The van der Waals surface area contributed by atoms with Crippen LogP contribution in [0, 0.1) is 0 Å². The van der Waals surface area contributed by atoms with Gasteiger partial charge in [0.2, 0.25) is 0 Å². The Bertz CT molecular complexity index is 813. The van der Waals surface area contributed by atoms with Crippen LogP contribution in [0.4, 0.5) is 0 Å². The second-order valence-electron chi connectivity index (χ2n) is 15.7. The van der Waals surface area contributed by atoms with Crippen LogP contribution in [0.5, 0.6) is 0 Å². The molecular formula is C30H62O5Si3. The van der Waals surface area contributed by atoms with Crippen molar-refractivity contribution in [2.75, 3.05) is 19.8 Å². The molecule has 1 fully saturated rings. The standard InChI is InChI=1S/C30H62O5Si3/c1-23-24(18-19-31)22-25(34-37(13,14)29(5,6)7)27(26(23)35-38(15,16)30(8,9)10)32-20-17-21-33-36(11,12)28(2,3)4/h18,25-27,31H,1,17,19-22H2,2-16H3/b24-18+/t25-,26-,27-/m1/s1. The molecule has 0 bridgehead atoms. The molecule has 0 saturated heterocycles. The van der Waals surface area contributed by atoms with Crippen molar-refractivity contribution in [3.8, 4) is 0 Å². The van der Waals surface area contributed by atoms with Crippen LogP contribution in [0.15, 0.2) is 23.8 Å². The van der Waals surface area contributed by atoms with Crippen LogP contribution in [-0.2, 0) is 18.0 Å². The summed E-state index contributed by atoms with van der Waals surface area (Å²) in [5.41, 5.74) is 1.95. The Labute approximate surface area is 239 Å². The lowest BCUT2D eigenvalue weighted by Crippen LogP contribution is -2.57. The third-order valence-electron chi connectivity index (χ3n) is 9.53. The second-order valence-corrected chi connectivity index (χ2v) is 30.0. The molecule has 1 rings (SSSR count). The van der Waals surface area contributed by atoms with Crippen LogP contribution >= 0.6 is 0 Å². The zero-order valence-corrected chi connectivity index (χ0v) is 30.6. The molecule has 0 heterocycles. The molecule has 1 saturated carbocycles. The Kier molecular flexibility index (Phi) is 12.2. The summed E-state index contributed by atoms with van der Waals surface area (Å²) >= 11 is 0. The van der Waals surface area contributed by atoms with Gasteiger partial charge in [0.1, 0.15) is 6.10 Å². The SMILES string of the molecule is C=C1/C(=C/CO)C[C@@H](O[Si](C)(C)C(C)(C)C)[C@@H](OCCCO[Si](C)(C)C(C)(C)C)[C@@H]1O[Si](C)(C)C(C)(C)C. The first-order valence-corrected chi connectivity index (χ1v) is 23.2. The van der Waals surface area contributed by atoms with E-state index in [9.17, 15) is 5.11 Å². The highest BCUT2D eigenvalue weighted by molar-refractivity contribution is 6.75. The van der Waals surface area contributed by atoms with Gasteiger partial charge in [-0.2, -0.15) is 0 Å². The predicted molar refractivity (Wildman–Crippen MR) is 171 cm³/mol. The smallest absolute Gasteiger partial charge is 0.193 e. The summed E-state index contributed by atoms with van der Waals surface area (Å²) in [5, 5.41) is 10.1. The van der Waals surface area contributed by atoms with Crippen LogP contribution in [0.25, 0.3) is 0 Å². The summed E-state index contributed by atoms with van der Waals surface area (Å²) in [5.74, 6) is 0. The summed E-state index contributed by atoms with van der Waals surface area (Å²) < 4.78 is 27.2. The zero-order valence-electron chi connectivity index (χ0n) is 27.6. The van der Waals surface area contributed by atoms with E-state index in [0.717, 1.165) is 17.6 Å². The van der Waals surface area contributed by atoms with E-state index in [4.69, 9.17) is 18.0 Å². The van der Waals surface area contributed by atoms with Crippen molar-refractivity contribution in [2.24, 2.45) is 0 Å². The normalized spacial score (nSPS) is 23.8. The van der Waals surface area contributed by atoms with Gasteiger partial charge < -0.3 is 23.1 Å². The van der Waals surface area contributed by atoms with Crippen molar-refractivity contribution in [3.63, 3.8) is 0 Å². The van der Waals surface area contributed by atoms with E-state index in [1.807, 2.05) is 6.08 Å². The molecule has 3 atom stereocenters. The average Bonchev–Trinajstić information content (AvgIpc) is 2.70. The Balaban J connectivity index is 3.30. The van der Waals surface area contributed by atoms with E-state index in [-0.39, 0.29) is 40.0 Å². The minimum absolute atomic E-state index is 0.0235. The lowest BCUT2D eigenvalue weighted by atomic mass is 9.84. The third-order valence-corrected chi connectivity index (χ3v) is 23.0. The Morgan fingerprint density at radius 3 is 1.71 bits per heavy atom. The van der Waals surface area contributed by atoms with E-state index < -0.39 is 25.0 Å². The summed E-state index contributed by atoms with van der Waals surface area (Å²) in [7, 11) is -6.04. The fraction of sp³-hybridized carbons (Fsp3) is 0.867. The number of hydrogen-bond donors (Lipinski definition) is 1. The van der Waals surface area contributed by atoms with Crippen LogP contribution in [0.2, 0.25) is 54.4 Å². The van der Waals surface area contributed by atoms with Crippen molar-refractivity contribution in [2.45, 2.75) is 148 Å². The van der Waals surface area contributed by atoms with Gasteiger partial charge in [-0.25, -0.2) is 0 Å².